The van der Waals surface area contributed by atoms with E-state index in [1.165, 1.54) is 0 Å². The standard InChI is InChI=1S/C27H25N5O2/c1-18-7-5-8-22(17-18)27-31-30-26(34-27)21-13-11-20(12-14-21)25(33)28-15-6-16-32-19(2)29-23-9-3-4-10-24(23)32/h3-5,7-14,17H,6,15-16H2,1-2H3,(H,28,33). The first-order valence-electron chi connectivity index (χ1n) is 11.3. The van der Waals surface area contributed by atoms with Crippen LogP contribution >= 0.6 is 0 Å². The van der Waals surface area contributed by atoms with Crippen molar-refractivity contribution in [2.45, 2.75) is 26.8 Å². The second-order valence-electron chi connectivity index (χ2n) is 8.27. The van der Waals surface area contributed by atoms with Crippen LogP contribution in [0.1, 0.15) is 28.2 Å². The molecule has 0 aliphatic carbocycles. The zero-order valence-corrected chi connectivity index (χ0v) is 19.2. The van der Waals surface area contributed by atoms with Crippen molar-refractivity contribution in [1.82, 2.24) is 25.1 Å². The molecule has 5 rings (SSSR count). The van der Waals surface area contributed by atoms with Crippen molar-refractivity contribution < 1.29 is 9.21 Å². The molecule has 7 nitrogen and oxygen atoms in total. The van der Waals surface area contributed by atoms with E-state index in [0.717, 1.165) is 46.5 Å². The lowest BCUT2D eigenvalue weighted by Gasteiger charge is -2.08. The van der Waals surface area contributed by atoms with Crippen LogP contribution in [0.4, 0.5) is 0 Å². The number of nitrogens with one attached hydrogen (secondary N) is 1. The van der Waals surface area contributed by atoms with Gasteiger partial charge in [0.2, 0.25) is 11.8 Å². The van der Waals surface area contributed by atoms with Crippen molar-refractivity contribution in [2.75, 3.05) is 6.54 Å². The van der Waals surface area contributed by atoms with Crippen LogP contribution in [0.2, 0.25) is 0 Å². The number of carbonyl (C=O) groups is 1. The fourth-order valence-corrected chi connectivity index (χ4v) is 4.02. The molecule has 5 aromatic rings. The van der Waals surface area contributed by atoms with Crippen molar-refractivity contribution in [2.24, 2.45) is 0 Å². The van der Waals surface area contributed by atoms with E-state index in [-0.39, 0.29) is 5.91 Å². The molecule has 0 atom stereocenters. The highest BCUT2D eigenvalue weighted by Crippen LogP contribution is 2.24. The van der Waals surface area contributed by atoms with Gasteiger partial charge in [-0.2, -0.15) is 0 Å². The van der Waals surface area contributed by atoms with Gasteiger partial charge >= 0.3 is 0 Å². The fraction of sp³-hybridized carbons (Fsp3) is 0.185. The number of hydrogen-bond acceptors (Lipinski definition) is 5. The zero-order chi connectivity index (χ0) is 23.5. The molecule has 2 heterocycles. The molecule has 0 saturated heterocycles. The summed E-state index contributed by atoms with van der Waals surface area (Å²) in [5, 5.41) is 11.3. The lowest BCUT2D eigenvalue weighted by molar-refractivity contribution is 0.0953. The minimum Gasteiger partial charge on any atom is -0.416 e. The third-order valence-electron chi connectivity index (χ3n) is 5.77. The lowest BCUT2D eigenvalue weighted by atomic mass is 10.1. The summed E-state index contributed by atoms with van der Waals surface area (Å²) >= 11 is 0. The summed E-state index contributed by atoms with van der Waals surface area (Å²) in [5.74, 6) is 1.77. The molecule has 0 bridgehead atoms. The molecule has 0 saturated carbocycles. The van der Waals surface area contributed by atoms with E-state index >= 15 is 0 Å². The van der Waals surface area contributed by atoms with Crippen LogP contribution in [-0.4, -0.2) is 32.2 Å². The van der Waals surface area contributed by atoms with E-state index in [2.05, 4.69) is 31.1 Å². The molecule has 3 aromatic carbocycles. The molecule has 34 heavy (non-hydrogen) atoms. The summed E-state index contributed by atoms with van der Waals surface area (Å²) in [7, 11) is 0. The highest BCUT2D eigenvalue weighted by atomic mass is 16.4. The first-order valence-corrected chi connectivity index (χ1v) is 11.3. The Morgan fingerprint density at radius 1 is 0.912 bits per heavy atom. The van der Waals surface area contributed by atoms with Gasteiger partial charge in [-0.05, 0) is 68.8 Å². The zero-order valence-electron chi connectivity index (χ0n) is 19.2. The van der Waals surface area contributed by atoms with Crippen molar-refractivity contribution >= 4 is 16.9 Å². The smallest absolute Gasteiger partial charge is 0.251 e. The van der Waals surface area contributed by atoms with Gasteiger partial charge in [0.05, 0.1) is 11.0 Å². The average molecular weight is 452 g/mol. The number of carbonyl (C=O) groups excluding carboxylic acids is 1. The van der Waals surface area contributed by atoms with Gasteiger partial charge in [0.15, 0.2) is 0 Å². The topological polar surface area (TPSA) is 85.8 Å². The van der Waals surface area contributed by atoms with Crippen molar-refractivity contribution in [3.63, 3.8) is 0 Å². The van der Waals surface area contributed by atoms with Gasteiger partial charge in [-0.1, -0.05) is 29.8 Å². The van der Waals surface area contributed by atoms with Crippen LogP contribution in [0, 0.1) is 13.8 Å². The number of amides is 1. The van der Waals surface area contributed by atoms with E-state index in [0.29, 0.717) is 23.9 Å². The van der Waals surface area contributed by atoms with Crippen LogP contribution in [0.5, 0.6) is 0 Å². The van der Waals surface area contributed by atoms with Gasteiger partial charge in [-0.15, -0.1) is 10.2 Å². The van der Waals surface area contributed by atoms with Gasteiger partial charge in [-0.25, -0.2) is 4.98 Å². The van der Waals surface area contributed by atoms with Crippen molar-refractivity contribution in [3.05, 3.63) is 89.7 Å². The highest BCUT2D eigenvalue weighted by Gasteiger charge is 2.12. The highest BCUT2D eigenvalue weighted by molar-refractivity contribution is 5.94. The summed E-state index contributed by atoms with van der Waals surface area (Å²) in [6.45, 7) is 5.40. The molecule has 170 valence electrons. The predicted octanol–water partition coefficient (Wildman–Crippen LogP) is 5.19. The van der Waals surface area contributed by atoms with Gasteiger partial charge in [0.1, 0.15) is 5.82 Å². The van der Waals surface area contributed by atoms with Crippen LogP contribution in [0.25, 0.3) is 33.9 Å². The summed E-state index contributed by atoms with van der Waals surface area (Å²) < 4.78 is 8.02. The monoisotopic (exact) mass is 451 g/mol. The summed E-state index contributed by atoms with van der Waals surface area (Å²) in [4.78, 5) is 17.2. The summed E-state index contributed by atoms with van der Waals surface area (Å²) in [5.41, 5.74) is 5.48. The SMILES string of the molecule is Cc1cccc(-c2nnc(-c3ccc(C(=O)NCCCn4c(C)nc5ccccc54)cc3)o2)c1. The molecule has 0 unspecified atom stereocenters. The molecule has 0 radical (unpaired) electrons. The number of benzene rings is 3. The van der Waals surface area contributed by atoms with Gasteiger partial charge < -0.3 is 14.3 Å². The Morgan fingerprint density at radius 3 is 2.47 bits per heavy atom. The largest absolute Gasteiger partial charge is 0.416 e. The molecular weight excluding hydrogens is 426 g/mol. The quantitative estimate of drug-likeness (QED) is 0.344. The van der Waals surface area contributed by atoms with Gasteiger partial charge in [-0.3, -0.25) is 4.79 Å². The Balaban J connectivity index is 1.18. The van der Waals surface area contributed by atoms with Crippen LogP contribution < -0.4 is 5.32 Å². The molecule has 7 heteroatoms. The summed E-state index contributed by atoms with van der Waals surface area (Å²) in [6.07, 6.45) is 0.814. The van der Waals surface area contributed by atoms with Crippen LogP contribution in [0.3, 0.4) is 0 Å². The van der Waals surface area contributed by atoms with Crippen LogP contribution in [0.15, 0.2) is 77.2 Å². The second kappa shape index (κ2) is 9.31. The predicted molar refractivity (Wildman–Crippen MR) is 131 cm³/mol. The second-order valence-corrected chi connectivity index (χ2v) is 8.27. The normalized spacial score (nSPS) is 11.1. The molecule has 0 aliphatic rings. The Morgan fingerprint density at radius 2 is 1.68 bits per heavy atom. The van der Waals surface area contributed by atoms with E-state index in [9.17, 15) is 4.79 Å². The maximum Gasteiger partial charge on any atom is 0.251 e. The molecule has 1 amide bonds. The molecule has 0 spiro atoms. The number of nitrogens with zero attached hydrogens (tertiary/aromatic N) is 4. The minimum atomic E-state index is -0.107. The Bertz CT molecular complexity index is 1450. The third kappa shape index (κ3) is 4.45. The maximum atomic E-state index is 12.6. The van der Waals surface area contributed by atoms with E-state index in [4.69, 9.17) is 4.42 Å². The number of para-hydroxylation sites is 2. The van der Waals surface area contributed by atoms with Crippen molar-refractivity contribution in [3.8, 4) is 22.9 Å². The van der Waals surface area contributed by atoms with Crippen molar-refractivity contribution in [1.29, 1.82) is 0 Å². The summed E-state index contributed by atoms with van der Waals surface area (Å²) in [6, 6.07) is 23.2. The number of aryl methyl sites for hydroxylation is 3. The minimum absolute atomic E-state index is 0.107. The maximum absolute atomic E-state index is 12.6. The van der Waals surface area contributed by atoms with E-state index in [1.807, 2.05) is 68.4 Å². The van der Waals surface area contributed by atoms with Crippen LogP contribution in [-0.2, 0) is 6.54 Å². The molecule has 0 aliphatic heterocycles. The Hall–Kier alpha value is -4.26. The van der Waals surface area contributed by atoms with E-state index in [1.54, 1.807) is 12.1 Å². The lowest BCUT2D eigenvalue weighted by Crippen LogP contribution is -2.25. The number of fused-ring (bicyclic) bond motifs is 1. The average Bonchev–Trinajstić information content (AvgIpc) is 3.47. The van der Waals surface area contributed by atoms with Gasteiger partial charge in [0.25, 0.3) is 5.91 Å². The number of rotatable bonds is 7. The fourth-order valence-electron chi connectivity index (χ4n) is 4.02. The third-order valence-corrected chi connectivity index (χ3v) is 5.77. The number of imidazole rings is 1. The molecule has 2 aromatic heterocycles. The Kier molecular flexibility index (Phi) is 5.91. The molecule has 0 fully saturated rings. The first kappa shape index (κ1) is 21.6. The molecular formula is C27H25N5O2. The van der Waals surface area contributed by atoms with Gasteiger partial charge in [0, 0.05) is 29.8 Å². The Labute approximate surface area is 197 Å². The number of hydrogen-bond donors (Lipinski definition) is 1. The first-order chi connectivity index (χ1) is 16.6. The number of aromatic nitrogens is 4. The molecule has 1 N–H and O–H groups in total. The van der Waals surface area contributed by atoms with E-state index < -0.39 is 0 Å².